The van der Waals surface area contributed by atoms with Gasteiger partial charge in [0.2, 0.25) is 0 Å². The van der Waals surface area contributed by atoms with Crippen LogP contribution in [0.5, 0.6) is 0 Å². The van der Waals surface area contributed by atoms with Gasteiger partial charge in [0, 0.05) is 15.2 Å². The highest BCUT2D eigenvalue weighted by atomic mass is 79.9. The predicted octanol–water partition coefficient (Wildman–Crippen LogP) is 6.02. The zero-order chi connectivity index (χ0) is 13.5. The first-order chi connectivity index (χ1) is 9.83. The van der Waals surface area contributed by atoms with Crippen molar-refractivity contribution in [2.24, 2.45) is 0 Å². The molecule has 1 heterocycles. The maximum absolute atomic E-state index is 5.93. The number of benzene rings is 3. The Bertz CT molecular complexity index is 921. The SMILES string of the molecule is Brc1cccc(-c2cccc3oc4ccccc4c23)c1. The number of furan rings is 1. The van der Waals surface area contributed by atoms with Crippen molar-refractivity contribution in [3.05, 3.63) is 71.2 Å². The Labute approximate surface area is 125 Å². The number of fused-ring (bicyclic) bond motifs is 3. The molecule has 0 unspecified atom stereocenters. The van der Waals surface area contributed by atoms with E-state index >= 15 is 0 Å². The molecular weight excluding hydrogens is 312 g/mol. The average Bonchev–Trinajstić information content (AvgIpc) is 2.85. The normalized spacial score (nSPS) is 11.2. The topological polar surface area (TPSA) is 13.1 Å². The van der Waals surface area contributed by atoms with Crippen molar-refractivity contribution in [3.8, 4) is 11.1 Å². The van der Waals surface area contributed by atoms with Crippen LogP contribution in [-0.2, 0) is 0 Å². The summed E-state index contributed by atoms with van der Waals surface area (Å²) in [6.07, 6.45) is 0. The lowest BCUT2D eigenvalue weighted by atomic mass is 10.00. The molecule has 0 bridgehead atoms. The Morgan fingerprint density at radius 1 is 0.750 bits per heavy atom. The molecule has 0 aliphatic rings. The highest BCUT2D eigenvalue weighted by Gasteiger charge is 2.11. The van der Waals surface area contributed by atoms with Gasteiger partial charge in [0.25, 0.3) is 0 Å². The highest BCUT2D eigenvalue weighted by molar-refractivity contribution is 9.10. The molecule has 0 aliphatic heterocycles. The van der Waals surface area contributed by atoms with Gasteiger partial charge in [-0.2, -0.15) is 0 Å². The van der Waals surface area contributed by atoms with E-state index in [1.54, 1.807) is 0 Å². The molecule has 0 spiro atoms. The summed E-state index contributed by atoms with van der Waals surface area (Å²) in [5.74, 6) is 0. The van der Waals surface area contributed by atoms with Crippen LogP contribution >= 0.6 is 15.9 Å². The van der Waals surface area contributed by atoms with Crippen LogP contribution in [0.3, 0.4) is 0 Å². The molecule has 1 nitrogen and oxygen atoms in total. The van der Waals surface area contributed by atoms with Crippen molar-refractivity contribution in [2.45, 2.75) is 0 Å². The minimum Gasteiger partial charge on any atom is -0.456 e. The summed E-state index contributed by atoms with van der Waals surface area (Å²) in [6, 6.07) is 22.8. The van der Waals surface area contributed by atoms with Gasteiger partial charge in [-0.3, -0.25) is 0 Å². The van der Waals surface area contributed by atoms with Crippen molar-refractivity contribution < 1.29 is 4.42 Å². The van der Waals surface area contributed by atoms with Crippen LogP contribution in [0.1, 0.15) is 0 Å². The fraction of sp³-hybridized carbons (Fsp3) is 0. The van der Waals surface area contributed by atoms with Crippen molar-refractivity contribution in [1.82, 2.24) is 0 Å². The van der Waals surface area contributed by atoms with Crippen LogP contribution in [0.2, 0.25) is 0 Å². The fourth-order valence-electron chi connectivity index (χ4n) is 2.67. The summed E-state index contributed by atoms with van der Waals surface area (Å²) in [7, 11) is 0. The maximum atomic E-state index is 5.93. The van der Waals surface area contributed by atoms with E-state index in [4.69, 9.17) is 4.42 Å². The van der Waals surface area contributed by atoms with Crippen LogP contribution in [0.4, 0.5) is 0 Å². The first kappa shape index (κ1) is 11.7. The molecule has 0 saturated carbocycles. The Morgan fingerprint density at radius 3 is 2.45 bits per heavy atom. The van der Waals surface area contributed by atoms with Gasteiger partial charge in [-0.1, -0.05) is 58.4 Å². The third-order valence-corrected chi connectivity index (χ3v) is 4.03. The summed E-state index contributed by atoms with van der Waals surface area (Å²) < 4.78 is 7.02. The van der Waals surface area contributed by atoms with Gasteiger partial charge in [-0.25, -0.2) is 0 Å². The van der Waals surface area contributed by atoms with Gasteiger partial charge in [0.1, 0.15) is 11.2 Å². The van der Waals surface area contributed by atoms with Crippen LogP contribution < -0.4 is 0 Å². The molecule has 0 fully saturated rings. The lowest BCUT2D eigenvalue weighted by Gasteiger charge is -2.04. The average molecular weight is 323 g/mol. The van der Waals surface area contributed by atoms with Crippen LogP contribution in [0.15, 0.2) is 75.6 Å². The van der Waals surface area contributed by atoms with Gasteiger partial charge in [0.05, 0.1) is 0 Å². The minimum absolute atomic E-state index is 0.934. The Balaban J connectivity index is 2.14. The first-order valence-electron chi connectivity index (χ1n) is 6.49. The van der Waals surface area contributed by atoms with E-state index in [1.165, 1.54) is 16.5 Å². The van der Waals surface area contributed by atoms with Crippen molar-refractivity contribution in [1.29, 1.82) is 0 Å². The smallest absolute Gasteiger partial charge is 0.136 e. The zero-order valence-corrected chi connectivity index (χ0v) is 12.2. The van der Waals surface area contributed by atoms with E-state index in [9.17, 15) is 0 Å². The van der Waals surface area contributed by atoms with Crippen molar-refractivity contribution in [3.63, 3.8) is 0 Å². The molecule has 3 aromatic carbocycles. The monoisotopic (exact) mass is 322 g/mol. The van der Waals surface area contributed by atoms with Crippen LogP contribution in [-0.4, -0.2) is 0 Å². The highest BCUT2D eigenvalue weighted by Crippen LogP contribution is 2.36. The summed E-state index contributed by atoms with van der Waals surface area (Å²) in [5.41, 5.74) is 4.26. The lowest BCUT2D eigenvalue weighted by molar-refractivity contribution is 0.669. The molecular formula is C18H11BrO. The van der Waals surface area contributed by atoms with Gasteiger partial charge < -0.3 is 4.42 Å². The van der Waals surface area contributed by atoms with Crippen molar-refractivity contribution >= 4 is 37.9 Å². The molecule has 20 heavy (non-hydrogen) atoms. The Morgan fingerprint density at radius 2 is 1.55 bits per heavy atom. The van der Waals surface area contributed by atoms with E-state index in [0.717, 1.165) is 21.0 Å². The number of hydrogen-bond donors (Lipinski definition) is 0. The molecule has 0 aliphatic carbocycles. The molecule has 2 heteroatoms. The molecule has 4 aromatic rings. The standard InChI is InChI=1S/C18H11BrO/c19-13-6-3-5-12(11-13)14-8-4-10-17-18(14)15-7-1-2-9-16(15)20-17/h1-11H. The number of hydrogen-bond acceptors (Lipinski definition) is 1. The molecule has 0 amide bonds. The van der Waals surface area contributed by atoms with E-state index in [1.807, 2.05) is 30.3 Å². The van der Waals surface area contributed by atoms with E-state index in [-0.39, 0.29) is 0 Å². The molecule has 0 saturated heterocycles. The quantitative estimate of drug-likeness (QED) is 0.418. The molecule has 96 valence electrons. The van der Waals surface area contributed by atoms with Crippen LogP contribution in [0, 0.1) is 0 Å². The van der Waals surface area contributed by atoms with Gasteiger partial charge in [-0.15, -0.1) is 0 Å². The van der Waals surface area contributed by atoms with Crippen LogP contribution in [0.25, 0.3) is 33.1 Å². The summed E-state index contributed by atoms with van der Waals surface area (Å²) in [5, 5.41) is 2.35. The summed E-state index contributed by atoms with van der Waals surface area (Å²) in [4.78, 5) is 0. The first-order valence-corrected chi connectivity index (χ1v) is 7.28. The third kappa shape index (κ3) is 1.76. The molecule has 0 atom stereocenters. The molecule has 4 rings (SSSR count). The Kier molecular flexibility index (Phi) is 2.64. The maximum Gasteiger partial charge on any atom is 0.136 e. The zero-order valence-electron chi connectivity index (χ0n) is 10.6. The minimum atomic E-state index is 0.934. The molecule has 1 aromatic heterocycles. The molecule has 0 radical (unpaired) electrons. The number of para-hydroxylation sites is 1. The summed E-state index contributed by atoms with van der Waals surface area (Å²) >= 11 is 3.54. The number of halogens is 1. The van der Waals surface area contributed by atoms with Gasteiger partial charge >= 0.3 is 0 Å². The Hall–Kier alpha value is -2.06. The number of rotatable bonds is 1. The van der Waals surface area contributed by atoms with Gasteiger partial charge in [-0.05, 0) is 35.4 Å². The second kappa shape index (κ2) is 4.50. The van der Waals surface area contributed by atoms with E-state index in [2.05, 4.69) is 52.3 Å². The van der Waals surface area contributed by atoms with Crippen molar-refractivity contribution in [2.75, 3.05) is 0 Å². The third-order valence-electron chi connectivity index (χ3n) is 3.54. The van der Waals surface area contributed by atoms with E-state index < -0.39 is 0 Å². The second-order valence-corrected chi connectivity index (χ2v) is 5.70. The fourth-order valence-corrected chi connectivity index (χ4v) is 3.07. The molecule has 0 N–H and O–H groups in total. The van der Waals surface area contributed by atoms with E-state index in [0.29, 0.717) is 0 Å². The second-order valence-electron chi connectivity index (χ2n) is 4.79. The van der Waals surface area contributed by atoms with Gasteiger partial charge in [0.15, 0.2) is 0 Å². The lowest BCUT2D eigenvalue weighted by Crippen LogP contribution is -1.79. The predicted molar refractivity (Wildman–Crippen MR) is 86.9 cm³/mol. The summed E-state index contributed by atoms with van der Waals surface area (Å²) in [6.45, 7) is 0. The largest absolute Gasteiger partial charge is 0.456 e.